The van der Waals surface area contributed by atoms with E-state index in [4.69, 9.17) is 0 Å². The van der Waals surface area contributed by atoms with Crippen LogP contribution in [0.5, 0.6) is 0 Å². The zero-order chi connectivity index (χ0) is 13.1. The minimum atomic E-state index is -2.23. The molecule has 0 spiro atoms. The second kappa shape index (κ2) is 12.2. The molecule has 0 aromatic carbocycles. The highest BCUT2D eigenvalue weighted by atomic mass is 35.5. The summed E-state index contributed by atoms with van der Waals surface area (Å²) in [6.45, 7) is 2.96. The molecule has 0 fully saturated rings. The Balaban J connectivity index is 0. The zero-order valence-electron chi connectivity index (χ0n) is 12.2. The molecule has 0 saturated carbocycles. The van der Waals surface area contributed by atoms with E-state index in [9.17, 15) is 8.78 Å². The van der Waals surface area contributed by atoms with Crippen molar-refractivity contribution in [2.24, 2.45) is 0 Å². The van der Waals surface area contributed by atoms with Crippen molar-refractivity contribution in [1.82, 2.24) is 0 Å². The average molecular weight is 286 g/mol. The molecule has 0 saturated heterocycles. The third-order valence-electron chi connectivity index (χ3n) is 3.72. The lowest BCUT2D eigenvalue weighted by Gasteiger charge is -2.31. The molecule has 0 aliphatic rings. The Labute approximate surface area is 118 Å². The summed E-state index contributed by atoms with van der Waals surface area (Å²) >= 11 is 0. The van der Waals surface area contributed by atoms with Gasteiger partial charge >= 0.3 is 6.55 Å². The third-order valence-corrected chi connectivity index (χ3v) is 3.72. The molecule has 4 heteroatoms. The summed E-state index contributed by atoms with van der Waals surface area (Å²) < 4.78 is 25.5. The molecule has 0 aromatic rings. The predicted octanol–water partition coefficient (Wildman–Crippen LogP) is 1.82. The number of unbranched alkanes of at least 4 members (excludes halogenated alkanes) is 7. The number of hydrogen-bond acceptors (Lipinski definition) is 0. The normalized spacial score (nSPS) is 14.3. The Kier molecular flexibility index (Phi) is 13.8. The fourth-order valence-electron chi connectivity index (χ4n) is 2.00. The van der Waals surface area contributed by atoms with E-state index in [1.54, 1.807) is 7.05 Å². The van der Waals surface area contributed by atoms with E-state index in [0.717, 1.165) is 12.8 Å². The van der Waals surface area contributed by atoms with Crippen molar-refractivity contribution in [3.63, 3.8) is 0 Å². The van der Waals surface area contributed by atoms with Gasteiger partial charge in [-0.15, -0.1) is 0 Å². The molecule has 0 bridgehead atoms. The van der Waals surface area contributed by atoms with Gasteiger partial charge in [-0.05, 0) is 19.8 Å². The monoisotopic (exact) mass is 285 g/mol. The Hall–Kier alpha value is 0.110. The Morgan fingerprint density at radius 1 is 0.833 bits per heavy atom. The van der Waals surface area contributed by atoms with Crippen LogP contribution in [-0.4, -0.2) is 31.2 Å². The van der Waals surface area contributed by atoms with Crippen LogP contribution in [0.25, 0.3) is 0 Å². The van der Waals surface area contributed by atoms with Crippen LogP contribution in [0.4, 0.5) is 8.78 Å². The number of alkyl halides is 2. The molecule has 1 atom stereocenters. The van der Waals surface area contributed by atoms with Gasteiger partial charge in [0.1, 0.15) is 0 Å². The lowest BCUT2D eigenvalue weighted by molar-refractivity contribution is -0.961. The Morgan fingerprint density at radius 2 is 1.28 bits per heavy atom. The molecule has 0 N–H and O–H groups in total. The van der Waals surface area contributed by atoms with E-state index >= 15 is 0 Å². The lowest BCUT2D eigenvalue weighted by atomic mass is 10.1. The first-order valence-electron chi connectivity index (χ1n) is 7.19. The first kappa shape index (κ1) is 20.4. The number of halogens is 3. The van der Waals surface area contributed by atoms with Gasteiger partial charge in [0.15, 0.2) is 0 Å². The summed E-state index contributed by atoms with van der Waals surface area (Å²) in [6, 6.07) is 0. The van der Waals surface area contributed by atoms with Crippen LogP contribution >= 0.6 is 0 Å². The van der Waals surface area contributed by atoms with Crippen molar-refractivity contribution < 1.29 is 25.7 Å². The topological polar surface area (TPSA) is 0 Å². The second-order valence-electron chi connectivity index (χ2n) is 5.27. The molecule has 0 aromatic heterocycles. The van der Waals surface area contributed by atoms with Crippen LogP contribution in [-0.2, 0) is 0 Å². The van der Waals surface area contributed by atoms with Crippen molar-refractivity contribution >= 4 is 0 Å². The van der Waals surface area contributed by atoms with Crippen molar-refractivity contribution in [1.29, 1.82) is 0 Å². The molecule has 0 heterocycles. The van der Waals surface area contributed by atoms with Gasteiger partial charge in [-0.2, -0.15) is 8.78 Å². The van der Waals surface area contributed by atoms with Crippen LogP contribution in [0.1, 0.15) is 65.2 Å². The van der Waals surface area contributed by atoms with Crippen molar-refractivity contribution in [3.05, 3.63) is 0 Å². The average Bonchev–Trinajstić information content (AvgIpc) is 2.32. The standard InChI is InChI=1S/C14H30F2N.ClH/c1-4-6-7-8-9-10-11-12-13-17(3,5-2)14(15)16;/h14H,4-13H2,1-3H3;1H/q+1;/p-1. The fraction of sp³-hybridized carbons (Fsp3) is 1.00. The fourth-order valence-corrected chi connectivity index (χ4v) is 2.00. The van der Waals surface area contributed by atoms with Crippen molar-refractivity contribution in [3.8, 4) is 0 Å². The number of nitrogens with zero attached hydrogens (tertiary/aromatic N) is 1. The van der Waals surface area contributed by atoms with Crippen LogP contribution in [0, 0.1) is 0 Å². The molecule has 0 aliphatic carbocycles. The number of hydrogen-bond donors (Lipinski definition) is 0. The van der Waals surface area contributed by atoms with E-state index in [-0.39, 0.29) is 16.9 Å². The van der Waals surface area contributed by atoms with Crippen molar-refractivity contribution in [2.75, 3.05) is 20.1 Å². The molecule has 1 nitrogen and oxygen atoms in total. The SMILES string of the molecule is CCCCCCCCCC[N+](C)(CC)C(F)F.[Cl-]. The van der Waals surface area contributed by atoms with Crippen LogP contribution in [0.3, 0.4) is 0 Å². The minimum Gasteiger partial charge on any atom is -1.00 e. The third kappa shape index (κ3) is 9.09. The number of quaternary nitrogens is 1. The van der Waals surface area contributed by atoms with Gasteiger partial charge < -0.3 is 12.4 Å². The smallest absolute Gasteiger partial charge is 0.380 e. The van der Waals surface area contributed by atoms with Gasteiger partial charge in [-0.25, -0.2) is 0 Å². The number of rotatable bonds is 11. The molecule has 1 unspecified atom stereocenters. The van der Waals surface area contributed by atoms with Gasteiger partial charge in [-0.1, -0.05) is 45.4 Å². The Bertz CT molecular complexity index is 179. The van der Waals surface area contributed by atoms with Gasteiger partial charge in [0.2, 0.25) is 0 Å². The van der Waals surface area contributed by atoms with E-state index in [2.05, 4.69) is 6.92 Å². The molecule has 0 radical (unpaired) electrons. The van der Waals surface area contributed by atoms with Gasteiger partial charge in [-0.3, -0.25) is 4.48 Å². The van der Waals surface area contributed by atoms with Gasteiger partial charge in [0.25, 0.3) is 0 Å². The second-order valence-corrected chi connectivity index (χ2v) is 5.27. The molecule has 18 heavy (non-hydrogen) atoms. The van der Waals surface area contributed by atoms with Gasteiger partial charge in [0, 0.05) is 0 Å². The maximum Gasteiger partial charge on any atom is 0.380 e. The van der Waals surface area contributed by atoms with Crippen LogP contribution in [0.2, 0.25) is 0 Å². The largest absolute Gasteiger partial charge is 1.00 e. The summed E-state index contributed by atoms with van der Waals surface area (Å²) in [5.41, 5.74) is 0. The summed E-state index contributed by atoms with van der Waals surface area (Å²) in [7, 11) is 1.66. The highest BCUT2D eigenvalue weighted by Crippen LogP contribution is 2.16. The quantitative estimate of drug-likeness (QED) is 0.309. The first-order chi connectivity index (χ1) is 8.06. The zero-order valence-corrected chi connectivity index (χ0v) is 13.0. The van der Waals surface area contributed by atoms with E-state index in [1.807, 2.05) is 6.92 Å². The van der Waals surface area contributed by atoms with Crippen LogP contribution < -0.4 is 12.4 Å². The van der Waals surface area contributed by atoms with Crippen molar-refractivity contribution in [2.45, 2.75) is 71.8 Å². The first-order valence-corrected chi connectivity index (χ1v) is 7.19. The van der Waals surface area contributed by atoms with Gasteiger partial charge in [0.05, 0.1) is 20.1 Å². The highest BCUT2D eigenvalue weighted by molar-refractivity contribution is 4.46. The van der Waals surface area contributed by atoms with Crippen LogP contribution in [0.15, 0.2) is 0 Å². The summed E-state index contributed by atoms with van der Waals surface area (Å²) in [4.78, 5) is 0. The summed E-state index contributed by atoms with van der Waals surface area (Å²) in [6.07, 6.45) is 9.76. The lowest BCUT2D eigenvalue weighted by Crippen LogP contribution is -3.00. The Morgan fingerprint density at radius 3 is 1.67 bits per heavy atom. The highest BCUT2D eigenvalue weighted by Gasteiger charge is 2.29. The molecule has 112 valence electrons. The summed E-state index contributed by atoms with van der Waals surface area (Å²) in [5.74, 6) is 0. The molecular formula is C14H30ClF2N. The maximum atomic E-state index is 12.8. The predicted molar refractivity (Wildman–Crippen MR) is 70.2 cm³/mol. The molecule has 0 aliphatic heterocycles. The minimum absolute atomic E-state index is 0. The molecule has 0 rings (SSSR count). The summed E-state index contributed by atoms with van der Waals surface area (Å²) in [5, 5.41) is 0. The molecular weight excluding hydrogens is 256 g/mol. The van der Waals surface area contributed by atoms with E-state index in [0.29, 0.717) is 13.1 Å². The van der Waals surface area contributed by atoms with E-state index in [1.165, 1.54) is 38.5 Å². The molecule has 0 amide bonds. The maximum absolute atomic E-state index is 12.8. The van der Waals surface area contributed by atoms with E-state index < -0.39 is 6.55 Å².